The fourth-order valence-corrected chi connectivity index (χ4v) is 4.27. The van der Waals surface area contributed by atoms with Crippen molar-refractivity contribution in [1.29, 1.82) is 0 Å². The van der Waals surface area contributed by atoms with Crippen LogP contribution in [0.2, 0.25) is 0 Å². The number of fused-ring (bicyclic) bond motifs is 1. The van der Waals surface area contributed by atoms with Crippen molar-refractivity contribution in [2.45, 2.75) is 27.0 Å². The van der Waals surface area contributed by atoms with Gasteiger partial charge in [0.2, 0.25) is 0 Å². The van der Waals surface area contributed by atoms with Gasteiger partial charge in [-0.2, -0.15) is 8.78 Å². The summed E-state index contributed by atoms with van der Waals surface area (Å²) in [7, 11) is 0. The monoisotopic (exact) mass is 429 g/mol. The van der Waals surface area contributed by atoms with Crippen LogP contribution >= 0.6 is 11.3 Å². The molecule has 3 aromatic heterocycles. The van der Waals surface area contributed by atoms with E-state index in [9.17, 15) is 13.6 Å². The maximum atomic E-state index is 12.8. The van der Waals surface area contributed by atoms with Gasteiger partial charge < -0.3 is 14.5 Å². The third-order valence-corrected chi connectivity index (χ3v) is 5.70. The maximum Gasteiger partial charge on any atom is 0.387 e. The molecule has 4 aromatic rings. The van der Waals surface area contributed by atoms with Crippen LogP contribution in [0, 0.1) is 13.8 Å². The predicted molar refractivity (Wildman–Crippen MR) is 109 cm³/mol. The Morgan fingerprint density at radius 1 is 1.20 bits per heavy atom. The first-order chi connectivity index (χ1) is 14.4. The number of nitrogens with zero attached hydrogens (tertiary/aromatic N) is 2. The Labute approximate surface area is 174 Å². The molecule has 1 aromatic carbocycles. The van der Waals surface area contributed by atoms with Gasteiger partial charge >= 0.3 is 6.61 Å². The summed E-state index contributed by atoms with van der Waals surface area (Å²) in [5.41, 5.74) is 2.35. The number of amides is 1. The van der Waals surface area contributed by atoms with E-state index in [4.69, 9.17) is 4.42 Å². The fourth-order valence-electron chi connectivity index (χ4n) is 3.12. The minimum absolute atomic E-state index is 0.0711. The zero-order chi connectivity index (χ0) is 21.3. The molecule has 0 aliphatic carbocycles. The second-order valence-electron chi connectivity index (χ2n) is 6.55. The summed E-state index contributed by atoms with van der Waals surface area (Å²) >= 11 is 1.29. The molecule has 0 fully saturated rings. The highest BCUT2D eigenvalue weighted by Gasteiger charge is 2.20. The van der Waals surface area contributed by atoms with Gasteiger partial charge in [-0.1, -0.05) is 12.1 Å². The van der Waals surface area contributed by atoms with Gasteiger partial charge in [-0.3, -0.25) is 4.79 Å². The quantitative estimate of drug-likeness (QED) is 0.461. The molecule has 0 unspecified atom stereocenters. The Kier molecular flexibility index (Phi) is 5.45. The summed E-state index contributed by atoms with van der Waals surface area (Å²) in [6.45, 7) is 1.13. The molecule has 0 saturated carbocycles. The second-order valence-corrected chi connectivity index (χ2v) is 7.55. The molecular formula is C21H17F2N3O3S. The highest BCUT2D eigenvalue weighted by atomic mass is 32.1. The van der Waals surface area contributed by atoms with Crippen molar-refractivity contribution in [2.24, 2.45) is 0 Å². The number of carbonyl (C=O) groups is 1. The Hall–Kier alpha value is -3.33. The van der Waals surface area contributed by atoms with Gasteiger partial charge in [-0.05, 0) is 49.2 Å². The van der Waals surface area contributed by atoms with E-state index < -0.39 is 6.61 Å². The lowest BCUT2D eigenvalue weighted by molar-refractivity contribution is -0.0498. The molecule has 0 bridgehead atoms. The molecule has 0 aliphatic heterocycles. The van der Waals surface area contributed by atoms with Crippen LogP contribution in [0.25, 0.3) is 21.8 Å². The topological polar surface area (TPSA) is 77.2 Å². The molecule has 0 spiro atoms. The predicted octanol–water partition coefficient (Wildman–Crippen LogP) is 5.10. The number of thiophene rings is 1. The van der Waals surface area contributed by atoms with Gasteiger partial charge in [-0.25, -0.2) is 9.97 Å². The van der Waals surface area contributed by atoms with Gasteiger partial charge in [0.15, 0.2) is 11.6 Å². The molecule has 0 atom stereocenters. The van der Waals surface area contributed by atoms with Gasteiger partial charge in [0.05, 0.1) is 16.8 Å². The molecule has 4 rings (SSSR count). The molecular weight excluding hydrogens is 412 g/mol. The number of hydrogen-bond acceptors (Lipinski definition) is 6. The van der Waals surface area contributed by atoms with Crippen LogP contribution in [0.4, 0.5) is 8.78 Å². The lowest BCUT2D eigenvalue weighted by atomic mass is 10.1. The summed E-state index contributed by atoms with van der Waals surface area (Å²) in [4.78, 5) is 23.1. The number of aryl methyl sites for hydroxylation is 2. The third kappa shape index (κ3) is 4.02. The van der Waals surface area contributed by atoms with Crippen LogP contribution in [-0.2, 0) is 6.54 Å². The van der Waals surface area contributed by atoms with E-state index in [0.29, 0.717) is 21.3 Å². The molecule has 0 aliphatic rings. The number of alkyl halides is 2. The standard InChI is InChI=1S/C21H17F2N3O3S/c1-11-16-12(2)25-18(15-4-3-9-28-15)26-20(16)30-17(11)19(27)24-10-13-5-7-14(8-6-13)29-21(22)23/h3-9,21H,10H2,1-2H3,(H,24,27). The maximum absolute atomic E-state index is 12.8. The number of benzene rings is 1. The molecule has 154 valence electrons. The Balaban J connectivity index is 1.53. The van der Waals surface area contributed by atoms with E-state index >= 15 is 0 Å². The lowest BCUT2D eigenvalue weighted by Gasteiger charge is -2.07. The molecule has 0 saturated heterocycles. The van der Waals surface area contributed by atoms with Gasteiger partial charge in [-0.15, -0.1) is 11.3 Å². The van der Waals surface area contributed by atoms with Crippen LogP contribution in [0.1, 0.15) is 26.5 Å². The Morgan fingerprint density at radius 3 is 2.63 bits per heavy atom. The van der Waals surface area contributed by atoms with E-state index in [1.165, 1.54) is 23.5 Å². The summed E-state index contributed by atoms with van der Waals surface area (Å²) in [6.07, 6.45) is 1.56. The first-order valence-electron chi connectivity index (χ1n) is 9.06. The van der Waals surface area contributed by atoms with E-state index in [-0.39, 0.29) is 18.2 Å². The molecule has 6 nitrogen and oxygen atoms in total. The summed E-state index contributed by atoms with van der Waals surface area (Å²) < 4.78 is 34.2. The van der Waals surface area contributed by atoms with E-state index in [2.05, 4.69) is 20.0 Å². The van der Waals surface area contributed by atoms with Crippen LogP contribution < -0.4 is 10.1 Å². The van der Waals surface area contributed by atoms with Crippen molar-refractivity contribution in [3.05, 3.63) is 64.4 Å². The smallest absolute Gasteiger partial charge is 0.387 e. The fraction of sp³-hybridized carbons (Fsp3) is 0.190. The lowest BCUT2D eigenvalue weighted by Crippen LogP contribution is -2.22. The van der Waals surface area contributed by atoms with Crippen molar-refractivity contribution in [3.8, 4) is 17.3 Å². The van der Waals surface area contributed by atoms with Gasteiger partial charge in [0.25, 0.3) is 5.91 Å². The highest BCUT2D eigenvalue weighted by molar-refractivity contribution is 7.20. The first kappa shape index (κ1) is 20.0. The van der Waals surface area contributed by atoms with Crippen LogP contribution in [-0.4, -0.2) is 22.5 Å². The van der Waals surface area contributed by atoms with Crippen molar-refractivity contribution in [2.75, 3.05) is 0 Å². The third-order valence-electron chi connectivity index (χ3n) is 4.52. The largest absolute Gasteiger partial charge is 0.461 e. The first-order valence-corrected chi connectivity index (χ1v) is 9.87. The Morgan fingerprint density at radius 2 is 1.97 bits per heavy atom. The SMILES string of the molecule is Cc1nc(-c2ccco2)nc2sc(C(=O)NCc3ccc(OC(F)F)cc3)c(C)c12. The second kappa shape index (κ2) is 8.19. The number of aromatic nitrogens is 2. The van der Waals surface area contributed by atoms with Gasteiger partial charge in [0, 0.05) is 11.9 Å². The highest BCUT2D eigenvalue weighted by Crippen LogP contribution is 2.33. The van der Waals surface area contributed by atoms with E-state index in [1.54, 1.807) is 30.5 Å². The van der Waals surface area contributed by atoms with Gasteiger partial charge in [0.1, 0.15) is 10.6 Å². The molecule has 1 N–H and O–H groups in total. The molecule has 30 heavy (non-hydrogen) atoms. The van der Waals surface area contributed by atoms with Crippen molar-refractivity contribution in [1.82, 2.24) is 15.3 Å². The number of nitrogens with one attached hydrogen (secondary N) is 1. The Bertz CT molecular complexity index is 1190. The average Bonchev–Trinajstić information content (AvgIpc) is 3.35. The molecule has 3 heterocycles. The zero-order valence-electron chi connectivity index (χ0n) is 16.1. The molecule has 1 amide bonds. The minimum atomic E-state index is -2.87. The summed E-state index contributed by atoms with van der Waals surface area (Å²) in [5.74, 6) is 0.879. The molecule has 9 heteroatoms. The van der Waals surface area contributed by atoms with Crippen LogP contribution in [0.5, 0.6) is 5.75 Å². The van der Waals surface area contributed by atoms with Crippen molar-refractivity contribution >= 4 is 27.5 Å². The average molecular weight is 429 g/mol. The van der Waals surface area contributed by atoms with E-state index in [1.807, 2.05) is 13.8 Å². The number of ether oxygens (including phenoxy) is 1. The van der Waals surface area contributed by atoms with Crippen molar-refractivity contribution in [3.63, 3.8) is 0 Å². The van der Waals surface area contributed by atoms with Crippen LogP contribution in [0.3, 0.4) is 0 Å². The molecule has 0 radical (unpaired) electrons. The van der Waals surface area contributed by atoms with E-state index in [0.717, 1.165) is 22.2 Å². The normalized spacial score (nSPS) is 11.2. The number of rotatable bonds is 6. The minimum Gasteiger partial charge on any atom is -0.461 e. The number of halogens is 2. The van der Waals surface area contributed by atoms with Crippen molar-refractivity contribution < 1.29 is 22.7 Å². The number of hydrogen-bond donors (Lipinski definition) is 1. The van der Waals surface area contributed by atoms with Crippen LogP contribution in [0.15, 0.2) is 47.1 Å². The zero-order valence-corrected chi connectivity index (χ0v) is 16.9. The number of furan rings is 1. The summed E-state index contributed by atoms with van der Waals surface area (Å²) in [5, 5.41) is 3.71. The summed E-state index contributed by atoms with van der Waals surface area (Å²) in [6, 6.07) is 9.68. The number of carbonyl (C=O) groups excluding carboxylic acids is 1.